The Kier molecular flexibility index (Phi) is 5.08. The van der Waals surface area contributed by atoms with Crippen molar-refractivity contribution in [2.24, 2.45) is 0 Å². The van der Waals surface area contributed by atoms with Gasteiger partial charge in [-0.15, -0.1) is 10.2 Å². The molecule has 1 saturated heterocycles. The van der Waals surface area contributed by atoms with E-state index in [2.05, 4.69) is 20.4 Å². The van der Waals surface area contributed by atoms with Crippen molar-refractivity contribution in [3.05, 3.63) is 42.0 Å². The summed E-state index contributed by atoms with van der Waals surface area (Å²) in [6, 6.07) is 10.4. The Balaban J connectivity index is 1.62. The first-order chi connectivity index (χ1) is 12.2. The highest BCUT2D eigenvalue weighted by Gasteiger charge is 2.17. The maximum Gasteiger partial charge on any atom is 0.256 e. The molecule has 0 radical (unpaired) electrons. The normalized spacial score (nSPS) is 14.1. The van der Waals surface area contributed by atoms with E-state index in [1.54, 1.807) is 42.3 Å². The van der Waals surface area contributed by atoms with Gasteiger partial charge in [0.05, 0.1) is 7.11 Å². The van der Waals surface area contributed by atoms with Crippen LogP contribution in [0.4, 0.5) is 11.6 Å². The van der Waals surface area contributed by atoms with E-state index in [-0.39, 0.29) is 5.91 Å². The number of nitrogens with one attached hydrogen (secondary N) is 1. The average Bonchev–Trinajstić information content (AvgIpc) is 2.68. The molecule has 1 aliphatic rings. The third-order valence-corrected chi connectivity index (χ3v) is 4.01. The summed E-state index contributed by atoms with van der Waals surface area (Å²) in [5.74, 6) is 1.44. The number of amides is 2. The van der Waals surface area contributed by atoms with Gasteiger partial charge in [-0.3, -0.25) is 9.59 Å². The SMILES string of the molecule is COc1cccc(C(=O)Nc2ccc(N3CCN(C=O)CC3)nn2)c1. The number of hydrogen-bond donors (Lipinski definition) is 1. The molecule has 0 bridgehead atoms. The monoisotopic (exact) mass is 341 g/mol. The van der Waals surface area contributed by atoms with Crippen LogP contribution < -0.4 is 15.0 Å². The molecule has 0 atom stereocenters. The van der Waals surface area contributed by atoms with Crippen molar-refractivity contribution in [2.45, 2.75) is 0 Å². The summed E-state index contributed by atoms with van der Waals surface area (Å²) in [6.07, 6.45) is 0.861. The Bertz CT molecular complexity index is 742. The van der Waals surface area contributed by atoms with Gasteiger partial charge in [0.25, 0.3) is 5.91 Å². The Morgan fingerprint density at radius 3 is 2.60 bits per heavy atom. The lowest BCUT2D eigenvalue weighted by Crippen LogP contribution is -2.46. The van der Waals surface area contributed by atoms with Crippen LogP contribution in [0, 0.1) is 0 Å². The standard InChI is InChI=1S/C17H19N5O3/c1-25-14-4-2-3-13(11-14)17(24)18-15-5-6-16(20-19-15)22-9-7-21(12-23)8-10-22/h2-6,11-12H,7-10H2,1H3,(H,18,19,24). The molecule has 1 aliphatic heterocycles. The highest BCUT2D eigenvalue weighted by atomic mass is 16.5. The minimum Gasteiger partial charge on any atom is -0.497 e. The minimum atomic E-state index is -0.277. The van der Waals surface area contributed by atoms with E-state index >= 15 is 0 Å². The molecule has 25 heavy (non-hydrogen) atoms. The quantitative estimate of drug-likeness (QED) is 0.817. The number of anilines is 2. The molecule has 2 amide bonds. The van der Waals surface area contributed by atoms with Gasteiger partial charge in [-0.1, -0.05) is 6.07 Å². The van der Waals surface area contributed by atoms with Gasteiger partial charge in [0.2, 0.25) is 6.41 Å². The minimum absolute atomic E-state index is 0.277. The van der Waals surface area contributed by atoms with Gasteiger partial charge in [0.15, 0.2) is 11.6 Å². The second-order valence-electron chi connectivity index (χ2n) is 5.59. The van der Waals surface area contributed by atoms with Gasteiger partial charge < -0.3 is 19.9 Å². The molecule has 0 saturated carbocycles. The predicted molar refractivity (Wildman–Crippen MR) is 92.8 cm³/mol. The van der Waals surface area contributed by atoms with Crippen LogP contribution in [0.15, 0.2) is 36.4 Å². The molecule has 8 nitrogen and oxygen atoms in total. The van der Waals surface area contributed by atoms with E-state index in [4.69, 9.17) is 4.74 Å². The van der Waals surface area contributed by atoms with E-state index in [1.807, 2.05) is 6.07 Å². The van der Waals surface area contributed by atoms with E-state index in [9.17, 15) is 9.59 Å². The number of nitrogens with zero attached hydrogens (tertiary/aromatic N) is 4. The van der Waals surface area contributed by atoms with Gasteiger partial charge in [0.1, 0.15) is 5.75 Å². The summed E-state index contributed by atoms with van der Waals surface area (Å²) >= 11 is 0. The maximum atomic E-state index is 12.3. The lowest BCUT2D eigenvalue weighted by Gasteiger charge is -2.32. The number of methoxy groups -OCH3 is 1. The first kappa shape index (κ1) is 16.7. The summed E-state index contributed by atoms with van der Waals surface area (Å²) in [4.78, 5) is 26.8. The lowest BCUT2D eigenvalue weighted by molar-refractivity contribution is -0.118. The summed E-state index contributed by atoms with van der Waals surface area (Å²) in [7, 11) is 1.55. The number of benzene rings is 1. The Hall–Kier alpha value is -3.16. The fourth-order valence-electron chi connectivity index (χ4n) is 2.57. The van der Waals surface area contributed by atoms with E-state index < -0.39 is 0 Å². The Morgan fingerprint density at radius 2 is 1.96 bits per heavy atom. The number of carbonyl (C=O) groups is 2. The van der Waals surface area contributed by atoms with Crippen LogP contribution in [-0.4, -0.2) is 60.7 Å². The van der Waals surface area contributed by atoms with Crippen LogP contribution in [0.2, 0.25) is 0 Å². The molecule has 8 heteroatoms. The molecule has 1 N–H and O–H groups in total. The molecular weight excluding hydrogens is 322 g/mol. The fourth-order valence-corrected chi connectivity index (χ4v) is 2.57. The maximum absolute atomic E-state index is 12.3. The zero-order chi connectivity index (χ0) is 17.6. The first-order valence-electron chi connectivity index (χ1n) is 7.93. The molecule has 1 aromatic heterocycles. The zero-order valence-corrected chi connectivity index (χ0v) is 13.9. The summed E-state index contributed by atoms with van der Waals surface area (Å²) in [5.41, 5.74) is 0.482. The molecule has 1 aromatic carbocycles. The van der Waals surface area contributed by atoms with Crippen molar-refractivity contribution in [3.63, 3.8) is 0 Å². The number of carbonyl (C=O) groups excluding carboxylic acids is 2. The molecule has 130 valence electrons. The van der Waals surface area contributed by atoms with Gasteiger partial charge in [0, 0.05) is 31.7 Å². The molecule has 0 spiro atoms. The van der Waals surface area contributed by atoms with Crippen molar-refractivity contribution in [3.8, 4) is 5.75 Å². The Morgan fingerprint density at radius 1 is 1.16 bits per heavy atom. The molecule has 2 aromatic rings. The summed E-state index contributed by atoms with van der Waals surface area (Å²) in [5, 5.41) is 10.9. The van der Waals surface area contributed by atoms with Gasteiger partial charge in [-0.2, -0.15) is 0 Å². The molecule has 1 fully saturated rings. The number of ether oxygens (including phenoxy) is 1. The molecular formula is C17H19N5O3. The van der Waals surface area contributed by atoms with Crippen molar-refractivity contribution in [1.82, 2.24) is 15.1 Å². The topological polar surface area (TPSA) is 87.7 Å². The van der Waals surface area contributed by atoms with Crippen LogP contribution in [0.5, 0.6) is 5.75 Å². The highest BCUT2D eigenvalue weighted by molar-refractivity contribution is 6.03. The van der Waals surface area contributed by atoms with Crippen LogP contribution in [0.1, 0.15) is 10.4 Å². The highest BCUT2D eigenvalue weighted by Crippen LogP contribution is 2.16. The van der Waals surface area contributed by atoms with Crippen molar-refractivity contribution >= 4 is 24.0 Å². The first-order valence-corrected chi connectivity index (χ1v) is 7.93. The largest absolute Gasteiger partial charge is 0.497 e. The zero-order valence-electron chi connectivity index (χ0n) is 13.9. The van der Waals surface area contributed by atoms with Crippen LogP contribution in [-0.2, 0) is 4.79 Å². The number of rotatable bonds is 5. The molecule has 2 heterocycles. The Labute approximate surface area is 145 Å². The van der Waals surface area contributed by atoms with Crippen LogP contribution in [0.25, 0.3) is 0 Å². The van der Waals surface area contributed by atoms with Crippen LogP contribution >= 0.6 is 0 Å². The van der Waals surface area contributed by atoms with E-state index in [0.29, 0.717) is 43.3 Å². The van der Waals surface area contributed by atoms with Crippen molar-refractivity contribution < 1.29 is 14.3 Å². The van der Waals surface area contributed by atoms with E-state index in [1.165, 1.54) is 0 Å². The third-order valence-electron chi connectivity index (χ3n) is 4.01. The third kappa shape index (κ3) is 4.03. The molecule has 0 aliphatic carbocycles. The smallest absolute Gasteiger partial charge is 0.256 e. The number of aromatic nitrogens is 2. The van der Waals surface area contributed by atoms with Gasteiger partial charge in [-0.05, 0) is 30.3 Å². The van der Waals surface area contributed by atoms with Crippen molar-refractivity contribution in [1.29, 1.82) is 0 Å². The lowest BCUT2D eigenvalue weighted by atomic mass is 10.2. The van der Waals surface area contributed by atoms with Crippen LogP contribution in [0.3, 0.4) is 0 Å². The van der Waals surface area contributed by atoms with Crippen molar-refractivity contribution in [2.75, 3.05) is 43.5 Å². The van der Waals surface area contributed by atoms with E-state index in [0.717, 1.165) is 12.2 Å². The predicted octanol–water partition coefficient (Wildman–Crippen LogP) is 1.02. The van der Waals surface area contributed by atoms with Gasteiger partial charge in [-0.25, -0.2) is 0 Å². The summed E-state index contributed by atoms with van der Waals surface area (Å²) in [6.45, 7) is 2.75. The average molecular weight is 341 g/mol. The van der Waals surface area contributed by atoms with Gasteiger partial charge >= 0.3 is 0 Å². The summed E-state index contributed by atoms with van der Waals surface area (Å²) < 4.78 is 5.12. The number of piperazine rings is 1. The fraction of sp³-hybridized carbons (Fsp3) is 0.294. The number of hydrogen-bond acceptors (Lipinski definition) is 6. The molecule has 3 rings (SSSR count). The second kappa shape index (κ2) is 7.61. The molecule has 0 unspecified atom stereocenters. The second-order valence-corrected chi connectivity index (χ2v) is 5.59.